The lowest BCUT2D eigenvalue weighted by Crippen LogP contribution is -2.15. The number of fused-ring (bicyclic) bond motifs is 1. The molecule has 2 heterocycles. The molecular formula is C19H10BrCl2N5O4. The van der Waals surface area contributed by atoms with Crippen molar-refractivity contribution in [2.24, 2.45) is 5.73 Å². The van der Waals surface area contributed by atoms with Crippen molar-refractivity contribution in [1.82, 2.24) is 19.5 Å². The van der Waals surface area contributed by atoms with Crippen LogP contribution in [0.4, 0.5) is 0 Å². The molecule has 0 aliphatic heterocycles. The summed E-state index contributed by atoms with van der Waals surface area (Å²) < 4.78 is 1.40. The highest BCUT2D eigenvalue weighted by molar-refractivity contribution is 9.10. The average molecular weight is 523 g/mol. The molecule has 0 aliphatic rings. The van der Waals surface area contributed by atoms with E-state index in [0.29, 0.717) is 22.6 Å². The van der Waals surface area contributed by atoms with Gasteiger partial charge in [0.1, 0.15) is 11.3 Å². The van der Waals surface area contributed by atoms with Crippen LogP contribution >= 0.6 is 39.1 Å². The van der Waals surface area contributed by atoms with Crippen LogP contribution in [0.3, 0.4) is 0 Å². The predicted molar refractivity (Wildman–Crippen MR) is 118 cm³/mol. The van der Waals surface area contributed by atoms with Crippen LogP contribution in [0.1, 0.15) is 20.8 Å². The number of rotatable bonds is 4. The Labute approximate surface area is 191 Å². The maximum Gasteiger partial charge on any atom is 0.332 e. The van der Waals surface area contributed by atoms with E-state index in [2.05, 4.69) is 30.9 Å². The summed E-state index contributed by atoms with van der Waals surface area (Å²) in [7, 11) is 0. The van der Waals surface area contributed by atoms with E-state index >= 15 is 0 Å². The van der Waals surface area contributed by atoms with Gasteiger partial charge in [-0.3, -0.25) is 9.59 Å². The Morgan fingerprint density at radius 3 is 2.58 bits per heavy atom. The van der Waals surface area contributed by atoms with E-state index in [1.165, 1.54) is 28.8 Å². The van der Waals surface area contributed by atoms with Gasteiger partial charge in [-0.05, 0) is 46.3 Å². The van der Waals surface area contributed by atoms with Crippen molar-refractivity contribution in [3.05, 3.63) is 66.6 Å². The molecule has 0 saturated heterocycles. The standard InChI is InChI=1S/C19H10BrCl2N5O4/c20-10-4-7(3-8(6-28)15(10)29)17-24-13(16(23)30)14-18(26-17)27(19(31)25-14)9-1-2-11(21)12(22)5-9/h1-6,29H,(H2,23,30)(H,25,31). The van der Waals surface area contributed by atoms with Crippen LogP contribution in [0.25, 0.3) is 28.2 Å². The number of amides is 1. The molecule has 156 valence electrons. The van der Waals surface area contributed by atoms with E-state index in [0.717, 1.165) is 0 Å². The third kappa shape index (κ3) is 3.58. The minimum absolute atomic E-state index is 0.00193. The highest BCUT2D eigenvalue weighted by atomic mass is 79.9. The quantitative estimate of drug-likeness (QED) is 0.350. The Hall–Kier alpha value is -3.21. The summed E-state index contributed by atoms with van der Waals surface area (Å²) in [5, 5.41) is 10.5. The summed E-state index contributed by atoms with van der Waals surface area (Å²) in [6.07, 6.45) is 0.457. The fourth-order valence-electron chi connectivity index (χ4n) is 3.00. The fourth-order valence-corrected chi connectivity index (χ4v) is 3.76. The predicted octanol–water partition coefficient (Wildman–Crippen LogP) is 3.46. The SMILES string of the molecule is NC(=O)c1nc(-c2cc(Br)c(O)c(C=O)c2)nc2c1[nH]c(=O)n2-c1ccc(Cl)c(Cl)c1. The molecule has 0 spiro atoms. The first kappa shape index (κ1) is 21.0. The van der Waals surface area contributed by atoms with E-state index in [1.54, 1.807) is 6.07 Å². The number of nitrogens with two attached hydrogens (primary N) is 1. The topological polar surface area (TPSA) is 144 Å². The molecule has 1 amide bonds. The number of benzene rings is 2. The van der Waals surface area contributed by atoms with Crippen molar-refractivity contribution in [2.75, 3.05) is 0 Å². The number of aromatic amines is 1. The van der Waals surface area contributed by atoms with Gasteiger partial charge in [0.2, 0.25) is 0 Å². The zero-order valence-electron chi connectivity index (χ0n) is 15.2. The van der Waals surface area contributed by atoms with Crippen molar-refractivity contribution in [1.29, 1.82) is 0 Å². The largest absolute Gasteiger partial charge is 0.506 e. The van der Waals surface area contributed by atoms with E-state index in [4.69, 9.17) is 28.9 Å². The van der Waals surface area contributed by atoms with Crippen LogP contribution in [-0.2, 0) is 0 Å². The summed E-state index contributed by atoms with van der Waals surface area (Å²) in [4.78, 5) is 47.1. The molecular weight excluding hydrogens is 513 g/mol. The highest BCUT2D eigenvalue weighted by Crippen LogP contribution is 2.33. The molecule has 0 radical (unpaired) electrons. The van der Waals surface area contributed by atoms with Gasteiger partial charge in [0.25, 0.3) is 5.91 Å². The van der Waals surface area contributed by atoms with Gasteiger partial charge < -0.3 is 15.8 Å². The van der Waals surface area contributed by atoms with Crippen LogP contribution in [-0.4, -0.2) is 36.8 Å². The number of carbonyl (C=O) groups excluding carboxylic acids is 2. The second-order valence-corrected chi connectivity index (χ2v) is 8.01. The maximum atomic E-state index is 12.7. The van der Waals surface area contributed by atoms with E-state index < -0.39 is 11.6 Å². The minimum Gasteiger partial charge on any atom is -0.506 e. The molecule has 0 unspecified atom stereocenters. The van der Waals surface area contributed by atoms with Gasteiger partial charge in [-0.2, -0.15) is 0 Å². The molecule has 2 aromatic heterocycles. The number of aromatic nitrogens is 4. The molecule has 0 saturated carbocycles. The van der Waals surface area contributed by atoms with Crippen LogP contribution in [0.2, 0.25) is 10.0 Å². The van der Waals surface area contributed by atoms with Gasteiger partial charge in [0, 0.05) is 5.56 Å². The van der Waals surface area contributed by atoms with E-state index in [1.807, 2.05) is 0 Å². The first-order chi connectivity index (χ1) is 14.7. The first-order valence-electron chi connectivity index (χ1n) is 8.47. The number of hydrogen-bond acceptors (Lipinski definition) is 6. The van der Waals surface area contributed by atoms with Crippen LogP contribution in [0.5, 0.6) is 5.75 Å². The van der Waals surface area contributed by atoms with Gasteiger partial charge >= 0.3 is 5.69 Å². The Morgan fingerprint density at radius 2 is 1.94 bits per heavy atom. The molecule has 0 atom stereocenters. The van der Waals surface area contributed by atoms with Gasteiger partial charge in [0.05, 0.1) is 25.8 Å². The third-order valence-corrected chi connectivity index (χ3v) is 5.75. The van der Waals surface area contributed by atoms with E-state index in [-0.39, 0.29) is 43.5 Å². The Morgan fingerprint density at radius 1 is 1.19 bits per heavy atom. The molecule has 2 aromatic carbocycles. The number of halogens is 3. The van der Waals surface area contributed by atoms with Crippen molar-refractivity contribution in [2.45, 2.75) is 0 Å². The number of aromatic hydroxyl groups is 1. The molecule has 12 heteroatoms. The molecule has 4 N–H and O–H groups in total. The zero-order valence-corrected chi connectivity index (χ0v) is 18.3. The molecule has 0 fully saturated rings. The number of phenolic OH excluding ortho intramolecular Hbond substituents is 1. The third-order valence-electron chi connectivity index (χ3n) is 4.41. The fraction of sp³-hybridized carbons (Fsp3) is 0. The highest BCUT2D eigenvalue weighted by Gasteiger charge is 2.21. The first-order valence-corrected chi connectivity index (χ1v) is 10.0. The van der Waals surface area contributed by atoms with Crippen LogP contribution < -0.4 is 11.4 Å². The van der Waals surface area contributed by atoms with Crippen molar-refractivity contribution in [3.8, 4) is 22.8 Å². The second kappa shape index (κ2) is 7.80. The summed E-state index contributed by atoms with van der Waals surface area (Å²) in [5.74, 6) is -1.16. The molecule has 0 bridgehead atoms. The van der Waals surface area contributed by atoms with Gasteiger partial charge in [-0.15, -0.1) is 0 Å². The molecule has 4 aromatic rings. The van der Waals surface area contributed by atoms with Crippen molar-refractivity contribution < 1.29 is 14.7 Å². The summed E-state index contributed by atoms with van der Waals surface area (Å²) in [6, 6.07) is 7.33. The minimum atomic E-state index is -0.898. The lowest BCUT2D eigenvalue weighted by Gasteiger charge is -2.09. The Kier molecular flexibility index (Phi) is 5.29. The maximum absolute atomic E-state index is 12.7. The van der Waals surface area contributed by atoms with Gasteiger partial charge in [-0.25, -0.2) is 19.3 Å². The molecule has 31 heavy (non-hydrogen) atoms. The number of hydrogen-bond donors (Lipinski definition) is 3. The summed E-state index contributed by atoms with van der Waals surface area (Å²) in [6.45, 7) is 0. The monoisotopic (exact) mass is 521 g/mol. The normalized spacial score (nSPS) is 11.1. The Bertz CT molecular complexity index is 1460. The van der Waals surface area contributed by atoms with Gasteiger partial charge in [0.15, 0.2) is 23.5 Å². The van der Waals surface area contributed by atoms with Gasteiger partial charge in [-0.1, -0.05) is 23.2 Å². The lowest BCUT2D eigenvalue weighted by atomic mass is 10.1. The summed E-state index contributed by atoms with van der Waals surface area (Å²) >= 11 is 15.2. The van der Waals surface area contributed by atoms with Crippen molar-refractivity contribution in [3.63, 3.8) is 0 Å². The average Bonchev–Trinajstić information content (AvgIpc) is 3.06. The number of nitrogens with one attached hydrogen (secondary N) is 1. The molecule has 9 nitrogen and oxygen atoms in total. The number of phenols is 1. The molecule has 0 aliphatic carbocycles. The van der Waals surface area contributed by atoms with Crippen LogP contribution in [0.15, 0.2) is 39.6 Å². The number of imidazole rings is 1. The Balaban J connectivity index is 2.07. The van der Waals surface area contributed by atoms with Crippen molar-refractivity contribution >= 4 is 62.5 Å². The molecule has 4 rings (SSSR count). The van der Waals surface area contributed by atoms with Crippen LogP contribution in [0, 0.1) is 0 Å². The summed E-state index contributed by atoms with van der Waals surface area (Å²) in [5.41, 5.74) is 5.33. The number of aldehydes is 1. The lowest BCUT2D eigenvalue weighted by molar-refractivity contribution is 0.0996. The number of H-pyrrole nitrogens is 1. The zero-order chi connectivity index (χ0) is 22.4. The number of nitrogens with zero attached hydrogens (tertiary/aromatic N) is 3. The van der Waals surface area contributed by atoms with E-state index in [9.17, 15) is 19.5 Å². The second-order valence-electron chi connectivity index (χ2n) is 6.34. The number of primary amides is 1. The smallest absolute Gasteiger partial charge is 0.332 e. The number of carbonyl (C=O) groups is 2.